The molecule has 3 rings (SSSR count). The Labute approximate surface area is 230 Å². The Hall–Kier alpha value is -2.77. The highest BCUT2D eigenvalue weighted by atomic mass is 32.3. The smallest absolute Gasteiger partial charge is 0.217 e. The molecule has 6 nitrogen and oxygen atoms in total. The summed E-state index contributed by atoms with van der Waals surface area (Å²) in [6, 6.07) is 32.2. The van der Waals surface area contributed by atoms with Gasteiger partial charge in [0.15, 0.2) is 14.7 Å². The first kappa shape index (κ1) is 34.4. The van der Waals surface area contributed by atoms with Crippen molar-refractivity contribution in [1.29, 1.82) is 0 Å². The normalized spacial score (nSPS) is 13.5. The summed E-state index contributed by atoms with van der Waals surface area (Å²) < 4.78 is 167. The summed E-state index contributed by atoms with van der Waals surface area (Å²) in [6.07, 6.45) is 0. The SMILES string of the molecule is O=S(=O)(C(S(=O)(=O)C(F)(F)F)S(=O)(=O)C(F)(F)F)C(F)(F)F.c1ccc([S+](c2ccccc2)c2ccccc2)cc1. The van der Waals surface area contributed by atoms with Crippen molar-refractivity contribution in [2.24, 2.45) is 0 Å². The number of sulfone groups is 3. The van der Waals surface area contributed by atoms with Gasteiger partial charge in [0, 0.05) is 0 Å². The second kappa shape index (κ2) is 12.2. The van der Waals surface area contributed by atoms with E-state index >= 15 is 0 Å². The van der Waals surface area contributed by atoms with E-state index in [1.807, 2.05) is 0 Å². The van der Waals surface area contributed by atoms with E-state index in [9.17, 15) is 64.8 Å². The molecule has 0 N–H and O–H groups in total. The monoisotopic (exact) mass is 675 g/mol. The Morgan fingerprint density at radius 1 is 0.415 bits per heavy atom. The summed E-state index contributed by atoms with van der Waals surface area (Å²) in [5.41, 5.74) is -21.1. The lowest BCUT2D eigenvalue weighted by Gasteiger charge is -2.21. The van der Waals surface area contributed by atoms with Crippen molar-refractivity contribution in [3.63, 3.8) is 0 Å². The zero-order valence-electron chi connectivity index (χ0n) is 19.7. The average Bonchev–Trinajstić information content (AvgIpc) is 2.84. The molecule has 41 heavy (non-hydrogen) atoms. The zero-order chi connectivity index (χ0) is 31.5. The third-order valence-electron chi connectivity index (χ3n) is 4.66. The highest BCUT2D eigenvalue weighted by Crippen LogP contribution is 2.43. The van der Waals surface area contributed by atoms with Gasteiger partial charge in [-0.25, -0.2) is 25.3 Å². The lowest BCUT2D eigenvalue weighted by Crippen LogP contribution is -2.52. The van der Waals surface area contributed by atoms with Crippen LogP contribution in [0, 0.1) is 0 Å². The molecule has 0 amide bonds. The van der Waals surface area contributed by atoms with Crippen LogP contribution in [-0.2, 0) is 40.4 Å². The molecule has 3 aromatic rings. The number of hydrogen-bond donors (Lipinski definition) is 0. The van der Waals surface area contributed by atoms with Gasteiger partial charge in [-0.1, -0.05) is 54.6 Å². The molecule has 0 spiro atoms. The first-order valence-corrected chi connectivity index (χ1v) is 16.2. The van der Waals surface area contributed by atoms with Crippen LogP contribution in [0.1, 0.15) is 0 Å². The summed E-state index contributed by atoms with van der Waals surface area (Å²) in [6.45, 7) is 0. The molecule has 0 unspecified atom stereocenters. The summed E-state index contributed by atoms with van der Waals surface area (Å²) >= 11 is 0. The van der Waals surface area contributed by atoms with Crippen LogP contribution >= 0.6 is 0 Å². The summed E-state index contributed by atoms with van der Waals surface area (Å²) in [5.74, 6) is 0. The Kier molecular flexibility index (Phi) is 10.3. The van der Waals surface area contributed by atoms with E-state index in [0.29, 0.717) is 0 Å². The van der Waals surface area contributed by atoms with Crippen LogP contribution in [0.3, 0.4) is 0 Å². The largest absolute Gasteiger partial charge is 0.499 e. The fourth-order valence-corrected chi connectivity index (χ4v) is 11.6. The number of halogens is 9. The van der Waals surface area contributed by atoms with Crippen molar-refractivity contribution in [3.8, 4) is 0 Å². The van der Waals surface area contributed by atoms with Crippen molar-refractivity contribution in [2.45, 2.75) is 35.1 Å². The van der Waals surface area contributed by atoms with E-state index in [4.69, 9.17) is 0 Å². The molecule has 226 valence electrons. The number of rotatable bonds is 6. The van der Waals surface area contributed by atoms with Crippen LogP contribution < -0.4 is 0 Å². The molecule has 0 aliphatic rings. The van der Waals surface area contributed by atoms with Gasteiger partial charge >= 0.3 is 16.5 Å². The molecular formula is C22H16F9O6S4+. The van der Waals surface area contributed by atoms with E-state index in [1.54, 1.807) is 0 Å². The van der Waals surface area contributed by atoms with Gasteiger partial charge in [0.05, 0.1) is 10.9 Å². The van der Waals surface area contributed by atoms with Crippen LogP contribution in [-0.4, -0.2) is 45.7 Å². The van der Waals surface area contributed by atoms with Gasteiger partial charge in [-0.15, -0.1) is 0 Å². The number of hydrogen-bond acceptors (Lipinski definition) is 6. The fraction of sp³-hybridized carbons (Fsp3) is 0.182. The van der Waals surface area contributed by atoms with Crippen LogP contribution in [0.25, 0.3) is 0 Å². The maximum absolute atomic E-state index is 12.1. The molecule has 0 aliphatic carbocycles. The van der Waals surface area contributed by atoms with Crippen molar-refractivity contribution in [1.82, 2.24) is 0 Å². The van der Waals surface area contributed by atoms with Crippen LogP contribution in [0.4, 0.5) is 39.5 Å². The minimum absolute atomic E-state index is 0.0146. The fourth-order valence-electron chi connectivity index (χ4n) is 2.91. The van der Waals surface area contributed by atoms with Gasteiger partial charge < -0.3 is 0 Å². The van der Waals surface area contributed by atoms with Gasteiger partial charge in [0.2, 0.25) is 0 Å². The van der Waals surface area contributed by atoms with E-state index < -0.39 is 50.0 Å². The standard InChI is InChI=1S/C18H15S.C4HF9O6S3/c1-4-10-16(11-5-1)19(17-12-6-2-7-13-17)18-14-8-3-9-15-18;5-2(6,7)20(14,15)1(21(16,17)3(8,9)10)22(18,19)4(11,12)13/h1-15H;1H/q+1;. The summed E-state index contributed by atoms with van der Waals surface area (Å²) in [7, 11) is -23.8. The zero-order valence-corrected chi connectivity index (χ0v) is 23.0. The lowest BCUT2D eigenvalue weighted by molar-refractivity contribution is -0.0490. The Morgan fingerprint density at radius 3 is 0.780 bits per heavy atom. The molecular weight excluding hydrogens is 659 g/mol. The predicted molar refractivity (Wildman–Crippen MR) is 130 cm³/mol. The van der Waals surface area contributed by atoms with Gasteiger partial charge in [-0.05, 0) is 36.4 Å². The maximum Gasteiger partial charge on any atom is 0.499 e. The molecule has 19 heteroatoms. The Balaban J connectivity index is 0.000000288. The predicted octanol–water partition coefficient (Wildman–Crippen LogP) is 5.86. The van der Waals surface area contributed by atoms with Crippen LogP contribution in [0.15, 0.2) is 106 Å². The topological polar surface area (TPSA) is 102 Å². The Morgan fingerprint density at radius 2 is 0.610 bits per heavy atom. The molecule has 0 atom stereocenters. The van der Waals surface area contributed by atoms with E-state index in [1.165, 1.54) is 14.7 Å². The molecule has 0 aliphatic heterocycles. The highest BCUT2D eigenvalue weighted by molar-refractivity contribution is 8.24. The minimum atomic E-state index is -7.94. The third kappa shape index (κ3) is 7.55. The first-order chi connectivity index (χ1) is 18.6. The van der Waals surface area contributed by atoms with Crippen molar-refractivity contribution < 1.29 is 64.8 Å². The first-order valence-electron chi connectivity index (χ1n) is 10.4. The van der Waals surface area contributed by atoms with Gasteiger partial charge in [-0.3, -0.25) is 0 Å². The molecule has 0 aromatic heterocycles. The minimum Gasteiger partial charge on any atom is -0.217 e. The van der Waals surface area contributed by atoms with Crippen molar-refractivity contribution >= 4 is 40.4 Å². The maximum atomic E-state index is 12.1. The second-order valence-electron chi connectivity index (χ2n) is 7.51. The second-order valence-corrected chi connectivity index (χ2v) is 16.5. The third-order valence-corrected chi connectivity index (χ3v) is 14.9. The molecule has 3 aromatic carbocycles. The number of benzene rings is 3. The van der Waals surface area contributed by atoms with Gasteiger partial charge in [-0.2, -0.15) is 39.5 Å². The summed E-state index contributed by atoms with van der Waals surface area (Å²) in [5, 5.41) is 0. The molecule has 0 saturated carbocycles. The van der Waals surface area contributed by atoms with E-state index in [2.05, 4.69) is 91.0 Å². The number of alkyl halides is 9. The average molecular weight is 676 g/mol. The molecule has 0 bridgehead atoms. The Bertz CT molecular complexity index is 1420. The molecule has 0 saturated heterocycles. The summed E-state index contributed by atoms with van der Waals surface area (Å²) in [4.78, 5) is 4.08. The molecule has 0 fully saturated rings. The van der Waals surface area contributed by atoms with Crippen LogP contribution in [0.5, 0.6) is 0 Å². The van der Waals surface area contributed by atoms with Gasteiger partial charge in [0.25, 0.3) is 33.4 Å². The van der Waals surface area contributed by atoms with E-state index in [-0.39, 0.29) is 10.9 Å². The highest BCUT2D eigenvalue weighted by Gasteiger charge is 2.73. The van der Waals surface area contributed by atoms with Crippen molar-refractivity contribution in [2.75, 3.05) is 0 Å². The molecule has 0 radical (unpaired) electrons. The lowest BCUT2D eigenvalue weighted by atomic mass is 10.4. The van der Waals surface area contributed by atoms with Crippen LogP contribution in [0.2, 0.25) is 0 Å². The van der Waals surface area contributed by atoms with Crippen molar-refractivity contribution in [3.05, 3.63) is 91.0 Å². The van der Waals surface area contributed by atoms with E-state index in [0.717, 1.165) is 0 Å². The quantitative estimate of drug-likeness (QED) is 0.240. The van der Waals surface area contributed by atoms with Gasteiger partial charge in [0.1, 0.15) is 0 Å². The molecule has 0 heterocycles.